The summed E-state index contributed by atoms with van der Waals surface area (Å²) in [5, 5.41) is 41.0. The molecule has 1 aliphatic rings. The molecular formula is C21H22ClNO7. The molecule has 1 saturated heterocycles. The van der Waals surface area contributed by atoms with Crippen molar-refractivity contribution in [2.24, 2.45) is 0 Å². The van der Waals surface area contributed by atoms with Crippen molar-refractivity contribution in [1.29, 1.82) is 0 Å². The fraction of sp³-hybridized carbons (Fsp3) is 0.381. The molecule has 1 fully saturated rings. The first-order valence-electron chi connectivity index (χ1n) is 9.41. The maximum absolute atomic E-state index is 10.7. The lowest BCUT2D eigenvalue weighted by Crippen LogP contribution is -2.64. The largest absolute Gasteiger partial charge is 0.440 e. The van der Waals surface area contributed by atoms with Crippen molar-refractivity contribution in [3.05, 3.63) is 64.5 Å². The topological polar surface area (TPSA) is 125 Å². The van der Waals surface area contributed by atoms with Crippen LogP contribution in [0.3, 0.4) is 0 Å². The first-order valence-corrected chi connectivity index (χ1v) is 9.78. The first kappa shape index (κ1) is 21.2. The molecule has 160 valence electrons. The number of benzene rings is 2. The fourth-order valence-electron chi connectivity index (χ4n) is 3.75. The standard InChI is InChI=1S/C21H22ClNO7/c1-28-21(20(27)19(26)18(25)16(10-24)30-21)12-6-7-13(22)11(8-12)9-17-23-14-4-2-3-5-15(14)29-17/h2-8,16,18-20,24-27H,9-10H2,1H3/t16?,18-,19?,20-,21+/m1/s1. The Morgan fingerprint density at radius 2 is 1.90 bits per heavy atom. The monoisotopic (exact) mass is 435 g/mol. The van der Waals surface area contributed by atoms with Crippen LogP contribution in [0.5, 0.6) is 0 Å². The second-order valence-corrected chi connectivity index (χ2v) is 7.60. The van der Waals surface area contributed by atoms with Gasteiger partial charge in [0.15, 0.2) is 11.5 Å². The van der Waals surface area contributed by atoms with E-state index in [-0.39, 0.29) is 6.42 Å². The van der Waals surface area contributed by atoms with Crippen molar-refractivity contribution < 1.29 is 34.3 Å². The molecule has 5 atom stereocenters. The predicted octanol–water partition coefficient (Wildman–Crippen LogP) is 1.34. The third-order valence-electron chi connectivity index (χ3n) is 5.38. The van der Waals surface area contributed by atoms with E-state index in [9.17, 15) is 20.4 Å². The second kappa shape index (κ2) is 8.24. The molecular weight excluding hydrogens is 414 g/mol. The van der Waals surface area contributed by atoms with E-state index in [0.29, 0.717) is 27.6 Å². The number of ether oxygens (including phenoxy) is 2. The van der Waals surface area contributed by atoms with Gasteiger partial charge in [-0.3, -0.25) is 0 Å². The van der Waals surface area contributed by atoms with Crippen molar-refractivity contribution in [3.8, 4) is 0 Å². The van der Waals surface area contributed by atoms with Gasteiger partial charge in [-0.15, -0.1) is 0 Å². The van der Waals surface area contributed by atoms with Gasteiger partial charge in [-0.2, -0.15) is 0 Å². The van der Waals surface area contributed by atoms with Crippen molar-refractivity contribution in [2.45, 2.75) is 36.6 Å². The lowest BCUT2D eigenvalue weighted by molar-refractivity contribution is -0.366. The van der Waals surface area contributed by atoms with E-state index in [1.54, 1.807) is 18.2 Å². The second-order valence-electron chi connectivity index (χ2n) is 7.19. The molecule has 3 aromatic rings. The molecule has 0 spiro atoms. The van der Waals surface area contributed by atoms with Crippen LogP contribution in [0.1, 0.15) is 17.0 Å². The molecule has 1 aromatic heterocycles. The minimum Gasteiger partial charge on any atom is -0.440 e. The maximum atomic E-state index is 10.7. The molecule has 0 bridgehead atoms. The lowest BCUT2D eigenvalue weighted by atomic mass is 9.87. The molecule has 9 heteroatoms. The summed E-state index contributed by atoms with van der Waals surface area (Å²) in [6.07, 6.45) is -5.56. The van der Waals surface area contributed by atoms with Crippen molar-refractivity contribution >= 4 is 22.7 Å². The van der Waals surface area contributed by atoms with Gasteiger partial charge in [-0.25, -0.2) is 4.98 Å². The summed E-state index contributed by atoms with van der Waals surface area (Å²) in [6, 6.07) is 12.2. The third kappa shape index (κ3) is 3.50. The summed E-state index contributed by atoms with van der Waals surface area (Å²) in [6.45, 7) is -0.570. The summed E-state index contributed by atoms with van der Waals surface area (Å²) in [4.78, 5) is 4.45. The fourth-order valence-corrected chi connectivity index (χ4v) is 3.94. The number of oxazole rings is 1. The Morgan fingerprint density at radius 3 is 2.60 bits per heavy atom. The van der Waals surface area contributed by atoms with Crippen LogP contribution in [0.25, 0.3) is 11.1 Å². The number of rotatable bonds is 5. The highest BCUT2D eigenvalue weighted by molar-refractivity contribution is 6.31. The van der Waals surface area contributed by atoms with Crippen molar-refractivity contribution in [1.82, 2.24) is 4.98 Å². The van der Waals surface area contributed by atoms with Crippen LogP contribution >= 0.6 is 11.6 Å². The van der Waals surface area contributed by atoms with E-state index in [4.69, 9.17) is 25.5 Å². The van der Waals surface area contributed by atoms with E-state index in [1.807, 2.05) is 24.3 Å². The molecule has 4 N–H and O–H groups in total. The molecule has 4 rings (SSSR count). The zero-order valence-corrected chi connectivity index (χ0v) is 16.9. The van der Waals surface area contributed by atoms with Crippen molar-refractivity contribution in [3.63, 3.8) is 0 Å². The predicted molar refractivity (Wildman–Crippen MR) is 107 cm³/mol. The van der Waals surface area contributed by atoms with Gasteiger partial charge in [-0.05, 0) is 29.8 Å². The van der Waals surface area contributed by atoms with Crippen LogP contribution in [0, 0.1) is 0 Å². The number of halogens is 1. The Labute approximate surface area is 177 Å². The number of hydrogen-bond donors (Lipinski definition) is 4. The highest BCUT2D eigenvalue weighted by Gasteiger charge is 2.55. The number of hydrogen-bond acceptors (Lipinski definition) is 8. The SMILES string of the molecule is CO[C@@]1(c2ccc(Cl)c(Cc3nc4ccccc4o3)c2)OC(CO)[C@@H](O)C(O)[C@H]1O. The van der Waals surface area contributed by atoms with Crippen LogP contribution < -0.4 is 0 Å². The molecule has 8 nitrogen and oxygen atoms in total. The molecule has 2 aromatic carbocycles. The Hall–Kier alpha value is -2.04. The van der Waals surface area contributed by atoms with Gasteiger partial charge in [0.2, 0.25) is 5.79 Å². The molecule has 2 unspecified atom stereocenters. The van der Waals surface area contributed by atoms with Gasteiger partial charge in [-0.1, -0.05) is 29.8 Å². The summed E-state index contributed by atoms with van der Waals surface area (Å²) in [5.74, 6) is -1.36. The van der Waals surface area contributed by atoms with Gasteiger partial charge in [0.25, 0.3) is 0 Å². The average Bonchev–Trinajstić information content (AvgIpc) is 3.17. The molecule has 2 heterocycles. The van der Waals surface area contributed by atoms with Crippen LogP contribution in [0.15, 0.2) is 46.9 Å². The number of aliphatic hydroxyl groups excluding tert-OH is 4. The zero-order chi connectivity index (χ0) is 21.5. The smallest absolute Gasteiger partial charge is 0.224 e. The Morgan fingerprint density at radius 1 is 1.13 bits per heavy atom. The van der Waals surface area contributed by atoms with Crippen LogP contribution in [-0.2, 0) is 21.7 Å². The van der Waals surface area contributed by atoms with Gasteiger partial charge in [0.05, 0.1) is 13.0 Å². The maximum Gasteiger partial charge on any atom is 0.224 e. The normalized spacial score (nSPS) is 29.4. The minimum atomic E-state index is -1.81. The molecule has 0 amide bonds. The summed E-state index contributed by atoms with van der Waals surface area (Å²) in [5.41, 5.74) is 2.37. The quantitative estimate of drug-likeness (QED) is 0.473. The van der Waals surface area contributed by atoms with Crippen LogP contribution in [0.4, 0.5) is 0 Å². The van der Waals surface area contributed by atoms with E-state index >= 15 is 0 Å². The minimum absolute atomic E-state index is 0.270. The van der Waals surface area contributed by atoms with Crippen LogP contribution in [-0.4, -0.2) is 63.5 Å². The third-order valence-corrected chi connectivity index (χ3v) is 5.75. The van der Waals surface area contributed by atoms with Crippen molar-refractivity contribution in [2.75, 3.05) is 13.7 Å². The van der Waals surface area contributed by atoms with E-state index < -0.39 is 36.8 Å². The van der Waals surface area contributed by atoms with Gasteiger partial charge in [0.1, 0.15) is 29.9 Å². The Bertz CT molecular complexity index is 1010. The highest BCUT2D eigenvalue weighted by Crippen LogP contribution is 2.40. The Kier molecular flexibility index (Phi) is 5.82. The molecule has 1 aliphatic heterocycles. The molecule has 30 heavy (non-hydrogen) atoms. The number of para-hydroxylation sites is 2. The number of nitrogens with zero attached hydrogens (tertiary/aromatic N) is 1. The van der Waals surface area contributed by atoms with Gasteiger partial charge >= 0.3 is 0 Å². The van der Waals surface area contributed by atoms with E-state index in [1.165, 1.54) is 7.11 Å². The number of methoxy groups -OCH3 is 1. The molecule has 0 aliphatic carbocycles. The molecule has 0 saturated carbocycles. The van der Waals surface area contributed by atoms with Gasteiger partial charge in [0, 0.05) is 17.7 Å². The number of fused-ring (bicyclic) bond motifs is 1. The molecule has 0 radical (unpaired) electrons. The lowest BCUT2D eigenvalue weighted by Gasteiger charge is -2.47. The average molecular weight is 436 g/mol. The van der Waals surface area contributed by atoms with Crippen LogP contribution in [0.2, 0.25) is 5.02 Å². The first-order chi connectivity index (χ1) is 14.4. The summed E-state index contributed by atoms with van der Waals surface area (Å²) >= 11 is 6.37. The van der Waals surface area contributed by atoms with Gasteiger partial charge < -0.3 is 34.3 Å². The summed E-state index contributed by atoms with van der Waals surface area (Å²) in [7, 11) is 1.30. The highest BCUT2D eigenvalue weighted by atomic mass is 35.5. The zero-order valence-electron chi connectivity index (χ0n) is 16.1. The summed E-state index contributed by atoms with van der Waals surface area (Å²) < 4.78 is 17.0. The number of aromatic nitrogens is 1. The van der Waals surface area contributed by atoms with E-state index in [0.717, 1.165) is 5.52 Å². The number of aliphatic hydroxyl groups is 4. The van der Waals surface area contributed by atoms with E-state index in [2.05, 4.69) is 4.98 Å². The Balaban J connectivity index is 1.72.